The van der Waals surface area contributed by atoms with Crippen molar-refractivity contribution in [1.82, 2.24) is 4.98 Å². The van der Waals surface area contributed by atoms with Crippen molar-refractivity contribution in [2.45, 2.75) is 45.4 Å². The monoisotopic (exact) mass is 380 g/mol. The number of aromatic nitrogens is 1. The lowest BCUT2D eigenvalue weighted by Crippen LogP contribution is -2.40. The molecule has 0 radical (unpaired) electrons. The number of thiazole rings is 1. The lowest BCUT2D eigenvalue weighted by molar-refractivity contribution is -0.116. The van der Waals surface area contributed by atoms with Gasteiger partial charge in [0.05, 0.1) is 16.5 Å². The van der Waals surface area contributed by atoms with Crippen LogP contribution in [0.2, 0.25) is 0 Å². The van der Waals surface area contributed by atoms with Crippen molar-refractivity contribution in [3.8, 4) is 0 Å². The maximum absolute atomic E-state index is 12.6. The van der Waals surface area contributed by atoms with Gasteiger partial charge in [-0.3, -0.25) is 4.79 Å². The van der Waals surface area contributed by atoms with Gasteiger partial charge in [0.15, 0.2) is 9.84 Å². The smallest absolute Gasteiger partial charge is 0.242 e. The van der Waals surface area contributed by atoms with Crippen molar-refractivity contribution in [3.05, 3.63) is 46.4 Å². The molecule has 25 heavy (non-hydrogen) atoms. The molecule has 0 aliphatic heterocycles. The summed E-state index contributed by atoms with van der Waals surface area (Å²) in [7, 11) is -3.57. The minimum absolute atomic E-state index is 0.125. The lowest BCUT2D eigenvalue weighted by Gasteiger charge is -2.26. The molecular formula is C18H24N2O3S2. The van der Waals surface area contributed by atoms with Gasteiger partial charge in [-0.05, 0) is 38.8 Å². The predicted molar refractivity (Wildman–Crippen MR) is 103 cm³/mol. The van der Waals surface area contributed by atoms with Gasteiger partial charge in [-0.15, -0.1) is 11.3 Å². The minimum Gasteiger partial charge on any atom is -0.309 e. The number of rotatable bonds is 8. The van der Waals surface area contributed by atoms with Crippen molar-refractivity contribution in [1.29, 1.82) is 0 Å². The average molecular weight is 381 g/mol. The molecule has 0 saturated heterocycles. The maximum atomic E-state index is 12.6. The topological polar surface area (TPSA) is 67.3 Å². The first-order valence-electron chi connectivity index (χ1n) is 8.33. The molecule has 5 nitrogen and oxygen atoms in total. The molecule has 1 aromatic carbocycles. The normalized spacial score (nSPS) is 11.7. The molecule has 1 aromatic heterocycles. The largest absolute Gasteiger partial charge is 0.309 e. The summed E-state index contributed by atoms with van der Waals surface area (Å²) in [6.45, 7) is 5.80. The van der Waals surface area contributed by atoms with E-state index in [1.807, 2.05) is 44.2 Å². The summed E-state index contributed by atoms with van der Waals surface area (Å²) in [5.74, 6) is -1.12. The highest BCUT2D eigenvalue weighted by Crippen LogP contribution is 2.19. The van der Waals surface area contributed by atoms with Crippen molar-refractivity contribution in [3.63, 3.8) is 0 Å². The van der Waals surface area contributed by atoms with E-state index in [1.165, 1.54) is 16.2 Å². The van der Waals surface area contributed by atoms with E-state index >= 15 is 0 Å². The van der Waals surface area contributed by atoms with E-state index in [1.54, 1.807) is 5.38 Å². The summed E-state index contributed by atoms with van der Waals surface area (Å²) in [5, 5.41) is 2.71. The summed E-state index contributed by atoms with van der Waals surface area (Å²) in [5.41, 5.74) is 1.23. The zero-order valence-electron chi connectivity index (χ0n) is 14.8. The van der Waals surface area contributed by atoms with Crippen LogP contribution in [0.3, 0.4) is 0 Å². The Morgan fingerprint density at radius 2 is 1.92 bits per heavy atom. The third-order valence-electron chi connectivity index (χ3n) is 3.59. The van der Waals surface area contributed by atoms with Gasteiger partial charge in [0.25, 0.3) is 0 Å². The van der Waals surface area contributed by atoms with E-state index < -0.39 is 21.5 Å². The molecule has 0 spiro atoms. The quantitative estimate of drug-likeness (QED) is 0.703. The fourth-order valence-electron chi connectivity index (χ4n) is 2.60. The molecule has 0 fully saturated rings. The molecule has 0 aliphatic rings. The number of para-hydroxylation sites is 1. The number of hydrogen-bond donors (Lipinski definition) is 0. The number of aryl methyl sites for hydroxylation is 1. The van der Waals surface area contributed by atoms with Crippen LogP contribution in [0.4, 0.5) is 5.69 Å². The van der Waals surface area contributed by atoms with Crippen molar-refractivity contribution < 1.29 is 13.2 Å². The molecule has 0 unspecified atom stereocenters. The third-order valence-corrected chi connectivity index (χ3v) is 5.97. The van der Waals surface area contributed by atoms with Crippen LogP contribution in [-0.4, -0.2) is 31.1 Å². The first kappa shape index (κ1) is 19.6. The molecule has 136 valence electrons. The summed E-state index contributed by atoms with van der Waals surface area (Å²) in [6, 6.07) is 9.01. The SMILES string of the molecule is CCCc1nc(CS(=O)(=O)CC(=O)N(c2ccccc2)C(C)C)cs1. The zero-order valence-corrected chi connectivity index (χ0v) is 16.4. The van der Waals surface area contributed by atoms with Crippen LogP contribution in [0.1, 0.15) is 37.9 Å². The van der Waals surface area contributed by atoms with Gasteiger partial charge in [0, 0.05) is 17.1 Å². The summed E-state index contributed by atoms with van der Waals surface area (Å²) < 4.78 is 24.9. The van der Waals surface area contributed by atoms with Crippen LogP contribution in [0.25, 0.3) is 0 Å². The molecule has 1 heterocycles. The average Bonchev–Trinajstić information content (AvgIpc) is 2.94. The Bertz CT molecular complexity index is 799. The van der Waals surface area contributed by atoms with E-state index in [4.69, 9.17) is 0 Å². The molecule has 0 N–H and O–H groups in total. The Morgan fingerprint density at radius 1 is 1.24 bits per heavy atom. The van der Waals surface area contributed by atoms with Crippen molar-refractivity contribution >= 4 is 32.8 Å². The zero-order chi connectivity index (χ0) is 18.4. The van der Waals surface area contributed by atoms with Gasteiger partial charge in [0.2, 0.25) is 5.91 Å². The van der Waals surface area contributed by atoms with Gasteiger partial charge in [0.1, 0.15) is 5.75 Å². The standard InChI is InChI=1S/C18H24N2O3S2/c1-4-8-17-19-15(11-24-17)12-25(22,23)13-18(21)20(14(2)3)16-9-6-5-7-10-16/h5-7,9-11,14H,4,8,12-13H2,1-3H3. The van der Waals surface area contributed by atoms with Gasteiger partial charge >= 0.3 is 0 Å². The number of anilines is 1. The van der Waals surface area contributed by atoms with Gasteiger partial charge < -0.3 is 4.90 Å². The van der Waals surface area contributed by atoms with Crippen LogP contribution in [0.15, 0.2) is 35.7 Å². The Kier molecular flexibility index (Phi) is 6.72. The van der Waals surface area contributed by atoms with Crippen LogP contribution in [0.5, 0.6) is 0 Å². The second kappa shape index (κ2) is 8.58. The maximum Gasteiger partial charge on any atom is 0.242 e. The first-order chi connectivity index (χ1) is 11.8. The number of carbonyl (C=O) groups excluding carboxylic acids is 1. The number of sulfone groups is 1. The predicted octanol–water partition coefficient (Wildman–Crippen LogP) is 3.45. The van der Waals surface area contributed by atoms with Crippen LogP contribution < -0.4 is 4.90 Å². The molecule has 0 atom stereocenters. The second-order valence-corrected chi connectivity index (χ2v) is 9.22. The Hall–Kier alpha value is -1.73. The minimum atomic E-state index is -3.57. The van der Waals surface area contributed by atoms with E-state index in [9.17, 15) is 13.2 Å². The first-order valence-corrected chi connectivity index (χ1v) is 11.0. The number of hydrogen-bond acceptors (Lipinski definition) is 5. The molecule has 7 heteroatoms. The number of benzene rings is 1. The highest BCUT2D eigenvalue weighted by molar-refractivity contribution is 7.91. The fraction of sp³-hybridized carbons (Fsp3) is 0.444. The van der Waals surface area contributed by atoms with Crippen LogP contribution in [0, 0.1) is 0 Å². The molecule has 1 amide bonds. The number of nitrogens with zero attached hydrogens (tertiary/aromatic N) is 2. The van der Waals surface area contributed by atoms with E-state index in [-0.39, 0.29) is 11.8 Å². The summed E-state index contributed by atoms with van der Waals surface area (Å²) in [6.07, 6.45) is 1.82. The highest BCUT2D eigenvalue weighted by atomic mass is 32.2. The summed E-state index contributed by atoms with van der Waals surface area (Å²) in [4.78, 5) is 18.5. The Labute approximate surface area is 153 Å². The fourth-order valence-corrected chi connectivity index (χ4v) is 4.82. The number of carbonyl (C=O) groups is 1. The van der Waals surface area contributed by atoms with Crippen molar-refractivity contribution in [2.75, 3.05) is 10.7 Å². The van der Waals surface area contributed by atoms with Gasteiger partial charge in [-0.2, -0.15) is 0 Å². The van der Waals surface area contributed by atoms with Gasteiger partial charge in [-0.25, -0.2) is 13.4 Å². The van der Waals surface area contributed by atoms with E-state index in [0.717, 1.165) is 17.8 Å². The second-order valence-electron chi connectivity index (χ2n) is 6.21. The molecule has 0 saturated carbocycles. The summed E-state index contributed by atoms with van der Waals surface area (Å²) >= 11 is 1.47. The van der Waals surface area contributed by atoms with E-state index in [0.29, 0.717) is 11.4 Å². The molecule has 2 rings (SSSR count). The molecule has 0 bridgehead atoms. The van der Waals surface area contributed by atoms with Crippen LogP contribution in [-0.2, 0) is 26.8 Å². The molecule has 2 aromatic rings. The Balaban J connectivity index is 2.10. The molecular weight excluding hydrogens is 356 g/mol. The van der Waals surface area contributed by atoms with Crippen molar-refractivity contribution in [2.24, 2.45) is 0 Å². The highest BCUT2D eigenvalue weighted by Gasteiger charge is 2.25. The Morgan fingerprint density at radius 3 is 2.52 bits per heavy atom. The van der Waals surface area contributed by atoms with Crippen LogP contribution >= 0.6 is 11.3 Å². The number of amides is 1. The molecule has 0 aliphatic carbocycles. The van der Waals surface area contributed by atoms with E-state index in [2.05, 4.69) is 11.9 Å². The lowest BCUT2D eigenvalue weighted by atomic mass is 10.2. The van der Waals surface area contributed by atoms with Gasteiger partial charge in [-0.1, -0.05) is 25.1 Å². The third kappa shape index (κ3) is 5.64.